The fourth-order valence-electron chi connectivity index (χ4n) is 1.05. The Bertz CT molecular complexity index is 344. The summed E-state index contributed by atoms with van der Waals surface area (Å²) in [6, 6.07) is 7.71. The molecule has 0 aliphatic carbocycles. The van der Waals surface area contributed by atoms with Gasteiger partial charge in [0, 0.05) is 15.0 Å². The molecule has 0 spiro atoms. The predicted molar refractivity (Wildman–Crippen MR) is 53.5 cm³/mol. The summed E-state index contributed by atoms with van der Waals surface area (Å²) in [5.74, 6) is 0. The molecule has 2 unspecified atom stereocenters. The maximum absolute atomic E-state index is 10.5. The van der Waals surface area contributed by atoms with Gasteiger partial charge in [-0.25, -0.2) is 0 Å². The maximum Gasteiger partial charge on any atom is 0.696 e. The average Bonchev–Trinajstić information content (AvgIpc) is 2.48. The zero-order chi connectivity index (χ0) is 9.26. The smallest absolute Gasteiger partial charge is 0.133 e. The van der Waals surface area contributed by atoms with Gasteiger partial charge in [-0.15, -0.1) is 4.89 Å². The lowest BCUT2D eigenvalue weighted by Crippen LogP contribution is -1.89. The molecule has 0 saturated carbocycles. The van der Waals surface area contributed by atoms with E-state index in [1.165, 1.54) is 10.8 Å². The standard InChI is InChI=1S/C7H5O3PS2/c8-11(9)10-7-5-3-1-2-4-6(5)12-13-7/h1-4,7H/p+1. The van der Waals surface area contributed by atoms with Gasteiger partial charge in [0.15, 0.2) is 5.44 Å². The van der Waals surface area contributed by atoms with Crippen molar-refractivity contribution in [2.45, 2.75) is 10.3 Å². The van der Waals surface area contributed by atoms with Gasteiger partial charge in [0.25, 0.3) is 0 Å². The lowest BCUT2D eigenvalue weighted by atomic mass is 10.2. The summed E-state index contributed by atoms with van der Waals surface area (Å²) in [6.45, 7) is 0. The van der Waals surface area contributed by atoms with E-state index in [9.17, 15) is 4.57 Å². The molecule has 0 fully saturated rings. The lowest BCUT2D eigenvalue weighted by molar-refractivity contribution is 0.264. The molecule has 0 aromatic heterocycles. The van der Waals surface area contributed by atoms with Crippen molar-refractivity contribution in [3.05, 3.63) is 29.8 Å². The fraction of sp³-hybridized carbons (Fsp3) is 0.143. The number of fused-ring (bicyclic) bond motifs is 1. The Labute approximate surface area is 84.2 Å². The van der Waals surface area contributed by atoms with Crippen LogP contribution in [0.3, 0.4) is 0 Å². The molecular weight excluding hydrogens is 227 g/mol. The van der Waals surface area contributed by atoms with Gasteiger partial charge in [-0.2, -0.15) is 0 Å². The first-order valence-electron chi connectivity index (χ1n) is 3.52. The minimum atomic E-state index is -2.52. The summed E-state index contributed by atoms with van der Waals surface area (Å²) in [5.41, 5.74) is 0.671. The number of benzene rings is 1. The molecule has 2 rings (SSSR count). The van der Waals surface area contributed by atoms with E-state index in [-0.39, 0.29) is 5.44 Å². The van der Waals surface area contributed by atoms with Crippen LogP contribution in [0.1, 0.15) is 11.0 Å². The van der Waals surface area contributed by atoms with E-state index >= 15 is 0 Å². The van der Waals surface area contributed by atoms with Crippen LogP contribution in [0.2, 0.25) is 0 Å². The van der Waals surface area contributed by atoms with Crippen molar-refractivity contribution < 1.29 is 14.0 Å². The highest BCUT2D eigenvalue weighted by atomic mass is 33.1. The highest BCUT2D eigenvalue weighted by Gasteiger charge is 2.32. The molecule has 1 heterocycles. The first-order valence-corrected chi connectivity index (χ1v) is 6.87. The Morgan fingerprint density at radius 1 is 1.46 bits per heavy atom. The van der Waals surface area contributed by atoms with Crippen LogP contribution < -0.4 is 0 Å². The van der Waals surface area contributed by atoms with E-state index in [0.29, 0.717) is 0 Å². The second-order valence-electron chi connectivity index (χ2n) is 2.39. The molecule has 0 bridgehead atoms. The zero-order valence-corrected chi connectivity index (χ0v) is 8.94. The molecule has 13 heavy (non-hydrogen) atoms. The monoisotopic (exact) mass is 233 g/mol. The van der Waals surface area contributed by atoms with E-state index in [1.807, 2.05) is 24.3 Å². The highest BCUT2D eigenvalue weighted by molar-refractivity contribution is 8.77. The van der Waals surface area contributed by atoms with Crippen molar-refractivity contribution in [3.63, 3.8) is 0 Å². The topological polar surface area (TPSA) is 46.5 Å². The third-order valence-electron chi connectivity index (χ3n) is 1.58. The normalized spacial score (nSPS) is 21.3. The Morgan fingerprint density at radius 2 is 2.23 bits per heavy atom. The van der Waals surface area contributed by atoms with Crippen molar-refractivity contribution in [1.29, 1.82) is 0 Å². The predicted octanol–water partition coefficient (Wildman–Crippen LogP) is 3.11. The molecule has 2 atom stereocenters. The van der Waals surface area contributed by atoms with E-state index in [4.69, 9.17) is 9.42 Å². The molecule has 1 aliphatic rings. The molecular formula is C7H6O3PS2+. The van der Waals surface area contributed by atoms with Crippen molar-refractivity contribution in [2.75, 3.05) is 0 Å². The van der Waals surface area contributed by atoms with Gasteiger partial charge < -0.3 is 0 Å². The molecule has 1 aliphatic heterocycles. The van der Waals surface area contributed by atoms with Gasteiger partial charge in [-0.3, -0.25) is 0 Å². The van der Waals surface area contributed by atoms with Crippen LogP contribution in [-0.4, -0.2) is 4.89 Å². The third kappa shape index (κ3) is 2.06. The molecule has 1 aromatic rings. The molecule has 0 radical (unpaired) electrons. The van der Waals surface area contributed by atoms with Gasteiger partial charge in [0.1, 0.15) is 0 Å². The average molecular weight is 233 g/mol. The van der Waals surface area contributed by atoms with Crippen LogP contribution in [0.25, 0.3) is 0 Å². The quantitative estimate of drug-likeness (QED) is 0.628. The SMILES string of the molecule is O=[P+](O)OC1SSc2ccccc21. The molecule has 1 N–H and O–H groups in total. The largest absolute Gasteiger partial charge is 0.696 e. The van der Waals surface area contributed by atoms with Crippen LogP contribution in [0.15, 0.2) is 29.2 Å². The summed E-state index contributed by atoms with van der Waals surface area (Å²) in [4.78, 5) is 9.71. The molecule has 68 valence electrons. The third-order valence-corrected chi connectivity index (χ3v) is 4.64. The Hall–Kier alpha value is -0.0600. The number of hydrogen-bond acceptors (Lipinski definition) is 4. The lowest BCUT2D eigenvalue weighted by Gasteiger charge is -1.99. The molecule has 6 heteroatoms. The Kier molecular flexibility index (Phi) is 2.91. The summed E-state index contributed by atoms with van der Waals surface area (Å²) in [6.07, 6.45) is 0. The van der Waals surface area contributed by atoms with E-state index < -0.39 is 8.25 Å². The summed E-state index contributed by atoms with van der Waals surface area (Å²) < 4.78 is 15.3. The second kappa shape index (κ2) is 3.98. The Balaban J connectivity index is 2.23. The van der Waals surface area contributed by atoms with Gasteiger partial charge in [-0.1, -0.05) is 33.5 Å². The van der Waals surface area contributed by atoms with Gasteiger partial charge in [0.2, 0.25) is 0 Å². The summed E-state index contributed by atoms with van der Waals surface area (Å²) in [7, 11) is 0.500. The molecule has 0 saturated heterocycles. The van der Waals surface area contributed by atoms with Gasteiger partial charge in [-0.05, 0) is 16.9 Å². The minimum Gasteiger partial charge on any atom is -0.133 e. The summed E-state index contributed by atoms with van der Waals surface area (Å²) >= 11 is 0. The number of hydrogen-bond donors (Lipinski definition) is 1. The van der Waals surface area contributed by atoms with E-state index in [2.05, 4.69) is 0 Å². The molecule has 3 nitrogen and oxygen atoms in total. The van der Waals surface area contributed by atoms with Gasteiger partial charge in [0.05, 0.1) is 0 Å². The van der Waals surface area contributed by atoms with Crippen LogP contribution in [0.5, 0.6) is 0 Å². The van der Waals surface area contributed by atoms with Crippen molar-refractivity contribution in [3.8, 4) is 0 Å². The van der Waals surface area contributed by atoms with Gasteiger partial charge >= 0.3 is 8.25 Å². The first-order chi connectivity index (χ1) is 6.27. The highest BCUT2D eigenvalue weighted by Crippen LogP contribution is 2.55. The minimum absolute atomic E-state index is 0.310. The van der Waals surface area contributed by atoms with Crippen molar-refractivity contribution in [1.82, 2.24) is 0 Å². The second-order valence-corrected chi connectivity index (χ2v) is 5.38. The molecule has 1 aromatic carbocycles. The summed E-state index contributed by atoms with van der Waals surface area (Å²) in [5, 5.41) is 0. The maximum atomic E-state index is 10.5. The molecule has 0 amide bonds. The number of rotatable bonds is 2. The van der Waals surface area contributed by atoms with Crippen molar-refractivity contribution in [2.24, 2.45) is 0 Å². The van der Waals surface area contributed by atoms with Crippen molar-refractivity contribution >= 4 is 29.8 Å². The van der Waals surface area contributed by atoms with E-state index in [1.54, 1.807) is 10.8 Å². The fourth-order valence-corrected chi connectivity index (χ4v) is 4.33. The first kappa shape index (κ1) is 9.49. The Morgan fingerprint density at radius 3 is 3.00 bits per heavy atom. The van der Waals surface area contributed by atoms with Crippen LogP contribution in [0.4, 0.5) is 0 Å². The zero-order valence-electron chi connectivity index (χ0n) is 6.41. The van der Waals surface area contributed by atoms with Crippen LogP contribution in [-0.2, 0) is 9.09 Å². The van der Waals surface area contributed by atoms with Crippen LogP contribution >= 0.6 is 29.8 Å². The van der Waals surface area contributed by atoms with E-state index in [0.717, 1.165) is 10.5 Å². The van der Waals surface area contributed by atoms with Crippen LogP contribution in [0, 0.1) is 0 Å².